The average Bonchev–Trinajstić information content (AvgIpc) is 2.54. The number of hydrogen-bond acceptors (Lipinski definition) is 2. The van der Waals surface area contributed by atoms with Crippen molar-refractivity contribution in [3.63, 3.8) is 0 Å². The number of para-hydroxylation sites is 1. The highest BCUT2D eigenvalue weighted by atomic mass is 16.5. The number of aliphatic hydroxyl groups is 1. The molecule has 1 fully saturated rings. The van der Waals surface area contributed by atoms with E-state index in [-0.39, 0.29) is 18.1 Å². The zero-order chi connectivity index (χ0) is 13.0. The summed E-state index contributed by atoms with van der Waals surface area (Å²) in [6.07, 6.45) is 5.53. The first kappa shape index (κ1) is 13.4. The van der Waals surface area contributed by atoms with Gasteiger partial charge in [0.1, 0.15) is 5.75 Å². The lowest BCUT2D eigenvalue weighted by Crippen LogP contribution is -2.18. The maximum atomic E-state index is 10.3. The lowest BCUT2D eigenvalue weighted by Gasteiger charge is -2.24. The summed E-state index contributed by atoms with van der Waals surface area (Å²) in [6.45, 7) is 4.08. The average molecular weight is 248 g/mol. The zero-order valence-electron chi connectivity index (χ0n) is 11.4. The van der Waals surface area contributed by atoms with Crippen molar-refractivity contribution >= 4 is 0 Å². The van der Waals surface area contributed by atoms with E-state index in [4.69, 9.17) is 4.74 Å². The van der Waals surface area contributed by atoms with Gasteiger partial charge in [0.05, 0.1) is 12.2 Å². The van der Waals surface area contributed by atoms with Crippen LogP contribution >= 0.6 is 0 Å². The molecule has 0 aromatic heterocycles. The second-order valence-electron chi connectivity index (χ2n) is 5.52. The summed E-state index contributed by atoms with van der Waals surface area (Å²) in [4.78, 5) is 0. The summed E-state index contributed by atoms with van der Waals surface area (Å²) in [7, 11) is 0. The van der Waals surface area contributed by atoms with Gasteiger partial charge in [0.2, 0.25) is 0 Å². The van der Waals surface area contributed by atoms with Gasteiger partial charge < -0.3 is 9.84 Å². The molecule has 2 rings (SSSR count). The molecule has 100 valence electrons. The fourth-order valence-electron chi connectivity index (χ4n) is 2.80. The predicted octanol–water partition coefficient (Wildman–Crippen LogP) is 3.88. The maximum absolute atomic E-state index is 10.3. The lowest BCUT2D eigenvalue weighted by molar-refractivity contribution is 0.132. The van der Waals surface area contributed by atoms with E-state index in [2.05, 4.69) is 6.07 Å². The molecule has 0 bridgehead atoms. The summed E-state index contributed by atoms with van der Waals surface area (Å²) in [5.41, 5.74) is 1.18. The van der Waals surface area contributed by atoms with E-state index in [9.17, 15) is 5.11 Å². The molecule has 1 N–H and O–H groups in total. The van der Waals surface area contributed by atoms with E-state index in [0.29, 0.717) is 0 Å². The second-order valence-corrected chi connectivity index (χ2v) is 5.52. The van der Waals surface area contributed by atoms with E-state index in [0.717, 1.165) is 25.0 Å². The Bertz CT molecular complexity index is 373. The van der Waals surface area contributed by atoms with Crippen LogP contribution in [0.1, 0.15) is 57.4 Å². The molecule has 1 aromatic carbocycles. The van der Waals surface area contributed by atoms with Gasteiger partial charge in [-0.15, -0.1) is 0 Å². The van der Waals surface area contributed by atoms with Crippen LogP contribution in [-0.2, 0) is 0 Å². The van der Waals surface area contributed by atoms with Crippen LogP contribution in [0.5, 0.6) is 5.75 Å². The van der Waals surface area contributed by atoms with Crippen LogP contribution in [0, 0.1) is 0 Å². The minimum absolute atomic E-state index is 0.175. The predicted molar refractivity (Wildman–Crippen MR) is 74.0 cm³/mol. The van der Waals surface area contributed by atoms with E-state index >= 15 is 0 Å². The Kier molecular flexibility index (Phi) is 4.65. The first-order chi connectivity index (χ1) is 8.68. The van der Waals surface area contributed by atoms with Crippen LogP contribution in [-0.4, -0.2) is 17.3 Å². The highest BCUT2D eigenvalue weighted by Crippen LogP contribution is 2.37. The van der Waals surface area contributed by atoms with Gasteiger partial charge in [-0.2, -0.15) is 0 Å². The Morgan fingerprint density at radius 2 is 1.83 bits per heavy atom. The van der Waals surface area contributed by atoms with Crippen LogP contribution in [0.15, 0.2) is 24.3 Å². The fraction of sp³-hybridized carbons (Fsp3) is 0.625. The number of benzene rings is 1. The first-order valence-electron chi connectivity index (χ1n) is 7.12. The largest absolute Gasteiger partial charge is 0.491 e. The Labute approximate surface area is 110 Å². The third kappa shape index (κ3) is 3.26. The summed E-state index contributed by atoms with van der Waals surface area (Å²) >= 11 is 0. The van der Waals surface area contributed by atoms with Crippen LogP contribution in [0.2, 0.25) is 0 Å². The van der Waals surface area contributed by atoms with Gasteiger partial charge in [-0.25, -0.2) is 0 Å². The molecule has 18 heavy (non-hydrogen) atoms. The molecule has 0 saturated heterocycles. The van der Waals surface area contributed by atoms with Crippen molar-refractivity contribution in [1.82, 2.24) is 0 Å². The minimum Gasteiger partial charge on any atom is -0.491 e. The van der Waals surface area contributed by atoms with Crippen molar-refractivity contribution in [2.24, 2.45) is 0 Å². The maximum Gasteiger partial charge on any atom is 0.123 e. The standard InChI is InChI=1S/C16H24O2/c1-12(2)18-16-11-7-6-9-14(16)13-8-4-3-5-10-15(13)17/h6-7,9,11-13,15,17H,3-5,8,10H2,1-2H3. The van der Waals surface area contributed by atoms with E-state index in [1.165, 1.54) is 18.4 Å². The first-order valence-corrected chi connectivity index (χ1v) is 7.12. The van der Waals surface area contributed by atoms with Gasteiger partial charge in [-0.1, -0.05) is 37.5 Å². The van der Waals surface area contributed by atoms with Crippen LogP contribution in [0.25, 0.3) is 0 Å². The number of ether oxygens (including phenoxy) is 1. The summed E-state index contributed by atoms with van der Waals surface area (Å²) in [5.74, 6) is 1.18. The van der Waals surface area contributed by atoms with Gasteiger partial charge in [-0.3, -0.25) is 0 Å². The molecule has 2 heteroatoms. The topological polar surface area (TPSA) is 29.5 Å². The van der Waals surface area contributed by atoms with Gasteiger partial charge in [-0.05, 0) is 38.3 Å². The van der Waals surface area contributed by atoms with Crippen LogP contribution in [0.4, 0.5) is 0 Å². The third-order valence-electron chi connectivity index (χ3n) is 3.66. The normalized spacial score (nSPS) is 24.9. The third-order valence-corrected chi connectivity index (χ3v) is 3.66. The highest BCUT2D eigenvalue weighted by Gasteiger charge is 2.25. The molecule has 2 atom stereocenters. The molecular weight excluding hydrogens is 224 g/mol. The molecule has 0 amide bonds. The summed E-state index contributed by atoms with van der Waals surface area (Å²) < 4.78 is 5.88. The smallest absolute Gasteiger partial charge is 0.123 e. The van der Waals surface area contributed by atoms with Crippen LogP contribution < -0.4 is 4.74 Å². The van der Waals surface area contributed by atoms with E-state index in [1.54, 1.807) is 0 Å². The second kappa shape index (κ2) is 6.24. The highest BCUT2D eigenvalue weighted by molar-refractivity contribution is 5.37. The molecular formula is C16H24O2. The van der Waals surface area contributed by atoms with Crippen molar-refractivity contribution in [1.29, 1.82) is 0 Å². The number of aliphatic hydroxyl groups excluding tert-OH is 1. The fourth-order valence-corrected chi connectivity index (χ4v) is 2.80. The van der Waals surface area contributed by atoms with Gasteiger partial charge >= 0.3 is 0 Å². The monoisotopic (exact) mass is 248 g/mol. The van der Waals surface area contributed by atoms with Crippen molar-refractivity contribution < 1.29 is 9.84 Å². The number of hydrogen-bond donors (Lipinski definition) is 1. The van der Waals surface area contributed by atoms with Crippen molar-refractivity contribution in [3.8, 4) is 5.75 Å². The summed E-state index contributed by atoms with van der Waals surface area (Å²) in [6, 6.07) is 8.17. The molecule has 2 nitrogen and oxygen atoms in total. The Hall–Kier alpha value is -1.02. The SMILES string of the molecule is CC(C)Oc1ccccc1C1CCCCCC1O. The molecule has 1 aromatic rings. The zero-order valence-corrected chi connectivity index (χ0v) is 11.4. The molecule has 1 saturated carbocycles. The van der Waals surface area contributed by atoms with Crippen molar-refractivity contribution in [2.75, 3.05) is 0 Å². The molecule has 0 spiro atoms. The molecule has 0 radical (unpaired) electrons. The summed E-state index contributed by atoms with van der Waals surface area (Å²) in [5, 5.41) is 10.3. The van der Waals surface area contributed by atoms with Crippen molar-refractivity contribution in [2.45, 2.75) is 64.1 Å². The van der Waals surface area contributed by atoms with Gasteiger partial charge in [0, 0.05) is 5.92 Å². The van der Waals surface area contributed by atoms with Gasteiger partial charge in [0.25, 0.3) is 0 Å². The van der Waals surface area contributed by atoms with E-state index in [1.807, 2.05) is 32.0 Å². The Balaban J connectivity index is 2.24. The van der Waals surface area contributed by atoms with Gasteiger partial charge in [0.15, 0.2) is 0 Å². The Morgan fingerprint density at radius 3 is 2.61 bits per heavy atom. The molecule has 2 unspecified atom stereocenters. The lowest BCUT2D eigenvalue weighted by atomic mass is 9.89. The molecule has 0 heterocycles. The molecule has 1 aliphatic rings. The minimum atomic E-state index is -0.218. The molecule has 0 aliphatic heterocycles. The Morgan fingerprint density at radius 1 is 1.11 bits per heavy atom. The van der Waals surface area contributed by atoms with E-state index < -0.39 is 0 Å². The van der Waals surface area contributed by atoms with Crippen molar-refractivity contribution in [3.05, 3.63) is 29.8 Å². The molecule has 1 aliphatic carbocycles. The van der Waals surface area contributed by atoms with Crippen LogP contribution in [0.3, 0.4) is 0 Å². The number of rotatable bonds is 3. The quantitative estimate of drug-likeness (QED) is 0.822.